The number of ether oxygens (including phenoxy) is 1. The van der Waals surface area contributed by atoms with E-state index in [-0.39, 0.29) is 58.7 Å². The molecule has 1 aromatic heterocycles. The van der Waals surface area contributed by atoms with E-state index in [0.717, 1.165) is 6.07 Å². The first kappa shape index (κ1) is 21.8. The molecule has 37 heavy (non-hydrogen) atoms. The number of carboxylic acids is 1. The lowest BCUT2D eigenvalue weighted by Crippen LogP contribution is -3.11. The van der Waals surface area contributed by atoms with E-state index < -0.39 is 40.1 Å². The fourth-order valence-corrected chi connectivity index (χ4v) is 9.71. The second-order valence-corrected chi connectivity index (χ2v) is 11.3. The van der Waals surface area contributed by atoms with Gasteiger partial charge in [-0.1, -0.05) is 17.7 Å². The SMILES string of the molecule is CCOC(=O)C1=C(C23C4C5C2C2C3C4C52C(=O)O)NC(c2nccn2C)=NC1c1ccc(F)c(F)c1Cl. The number of esters is 1. The van der Waals surface area contributed by atoms with Crippen LogP contribution in [0, 0.1) is 58.0 Å². The number of aliphatic carboxylic acids is 1. The molecule has 0 radical (unpaired) electrons. The van der Waals surface area contributed by atoms with E-state index in [1.807, 2.05) is 0 Å². The number of hydrogen-bond acceptors (Lipinski definition) is 6. The molecule has 6 saturated carbocycles. The number of benzene rings is 1. The molecule has 2 heterocycles. The highest BCUT2D eigenvalue weighted by atomic mass is 35.5. The van der Waals surface area contributed by atoms with Gasteiger partial charge in [-0.25, -0.2) is 18.6 Å². The molecule has 6 fully saturated rings. The van der Waals surface area contributed by atoms with Crippen LogP contribution in [0.1, 0.15) is 24.4 Å². The zero-order valence-electron chi connectivity index (χ0n) is 19.7. The van der Waals surface area contributed by atoms with E-state index in [9.17, 15) is 23.5 Å². The van der Waals surface area contributed by atoms with Gasteiger partial charge < -0.3 is 19.7 Å². The number of nitrogens with zero attached hydrogens (tertiary/aromatic N) is 3. The summed E-state index contributed by atoms with van der Waals surface area (Å²) < 4.78 is 35.8. The third-order valence-corrected chi connectivity index (χ3v) is 10.8. The molecule has 0 amide bonds. The maximum absolute atomic E-state index is 14.6. The number of hydrogen-bond donors (Lipinski definition) is 2. The Morgan fingerprint density at radius 1 is 1.19 bits per heavy atom. The third kappa shape index (κ3) is 1.92. The molecule has 7 aliphatic rings. The van der Waals surface area contributed by atoms with Gasteiger partial charge in [0.2, 0.25) is 0 Å². The molecule has 0 bridgehead atoms. The van der Waals surface area contributed by atoms with Gasteiger partial charge in [-0.05, 0) is 48.5 Å². The van der Waals surface area contributed by atoms with Gasteiger partial charge in [0.25, 0.3) is 0 Å². The van der Waals surface area contributed by atoms with Crippen molar-refractivity contribution in [3.63, 3.8) is 0 Å². The summed E-state index contributed by atoms with van der Waals surface area (Å²) in [6.45, 7) is 1.81. The zero-order chi connectivity index (χ0) is 25.8. The molecule has 6 aliphatic carbocycles. The molecule has 1 atom stereocenters. The van der Waals surface area contributed by atoms with Crippen molar-refractivity contribution in [1.82, 2.24) is 14.9 Å². The van der Waals surface area contributed by atoms with Crippen molar-refractivity contribution in [3.8, 4) is 0 Å². The topological polar surface area (TPSA) is 106 Å². The summed E-state index contributed by atoms with van der Waals surface area (Å²) >= 11 is 6.29. The lowest BCUT2D eigenvalue weighted by Gasteiger charge is -3.10. The number of carboxylic acid groups (broad SMARTS) is 1. The highest BCUT2D eigenvalue weighted by molar-refractivity contribution is 6.31. The van der Waals surface area contributed by atoms with E-state index in [1.165, 1.54) is 6.07 Å². The predicted octanol–water partition coefficient (Wildman–Crippen LogP) is 3.08. The van der Waals surface area contributed by atoms with Crippen molar-refractivity contribution in [2.45, 2.75) is 13.0 Å². The van der Waals surface area contributed by atoms with Crippen molar-refractivity contribution < 1.29 is 28.2 Å². The highest BCUT2D eigenvalue weighted by Crippen LogP contribution is 3.11. The Morgan fingerprint density at radius 3 is 2.43 bits per heavy atom. The van der Waals surface area contributed by atoms with E-state index in [1.54, 1.807) is 30.9 Å². The fraction of sp³-hybridized carbons (Fsp3) is 0.462. The molecule has 2 N–H and O–H groups in total. The van der Waals surface area contributed by atoms with Crippen LogP contribution in [0.15, 0.2) is 40.8 Å². The molecule has 2 aromatic rings. The zero-order valence-corrected chi connectivity index (χ0v) is 20.5. The number of aliphatic imine (C=N–C) groups is 1. The highest BCUT2D eigenvalue weighted by Gasteiger charge is 3.12. The largest absolute Gasteiger partial charge is 0.481 e. The van der Waals surface area contributed by atoms with Crippen LogP contribution in [0.2, 0.25) is 5.02 Å². The van der Waals surface area contributed by atoms with Crippen molar-refractivity contribution >= 4 is 29.4 Å². The van der Waals surface area contributed by atoms with Gasteiger partial charge in [-0.3, -0.25) is 9.79 Å². The van der Waals surface area contributed by atoms with Crippen LogP contribution < -0.4 is 5.32 Å². The van der Waals surface area contributed by atoms with Crippen LogP contribution in [0.25, 0.3) is 0 Å². The van der Waals surface area contributed by atoms with Crippen LogP contribution in [-0.2, 0) is 21.4 Å². The first-order valence-corrected chi connectivity index (χ1v) is 12.7. The number of aromatic nitrogens is 2. The summed E-state index contributed by atoms with van der Waals surface area (Å²) in [7, 11) is 1.80. The molecule has 8 nitrogen and oxygen atoms in total. The number of imidazole rings is 1. The molecule has 0 saturated heterocycles. The van der Waals surface area contributed by atoms with Gasteiger partial charge in [0.05, 0.1) is 22.6 Å². The average Bonchev–Trinajstić information content (AvgIpc) is 3.32. The molecule has 190 valence electrons. The summed E-state index contributed by atoms with van der Waals surface area (Å²) in [5.41, 5.74) is 0.0586. The van der Waals surface area contributed by atoms with E-state index in [2.05, 4.69) is 10.3 Å². The molecule has 1 aromatic carbocycles. The van der Waals surface area contributed by atoms with Gasteiger partial charge in [0.15, 0.2) is 23.3 Å². The number of carbonyl (C=O) groups excluding carboxylic acids is 1. The number of aryl methyl sites for hydroxylation is 1. The lowest BCUT2D eigenvalue weighted by atomic mass is 8.92. The predicted molar refractivity (Wildman–Crippen MR) is 124 cm³/mol. The van der Waals surface area contributed by atoms with E-state index >= 15 is 0 Å². The normalized spacial score (nSPS) is 40.7. The molecular weight excluding hydrogens is 506 g/mol. The summed E-state index contributed by atoms with van der Waals surface area (Å²) in [6, 6.07) is 1.25. The van der Waals surface area contributed by atoms with E-state index in [0.29, 0.717) is 17.4 Å². The van der Waals surface area contributed by atoms with Crippen LogP contribution in [0.5, 0.6) is 0 Å². The van der Waals surface area contributed by atoms with Crippen molar-refractivity contribution in [1.29, 1.82) is 0 Å². The maximum Gasteiger partial charge on any atom is 0.338 e. The Morgan fingerprint density at radius 2 is 1.86 bits per heavy atom. The van der Waals surface area contributed by atoms with Crippen LogP contribution >= 0.6 is 11.6 Å². The molecule has 0 spiro atoms. The second kappa shape index (κ2) is 6.40. The second-order valence-electron chi connectivity index (χ2n) is 11.0. The number of carbonyl (C=O) groups is 2. The average molecular weight is 527 g/mol. The minimum atomic E-state index is -1.21. The summed E-state index contributed by atoms with van der Waals surface area (Å²) in [5.74, 6) is -1.91. The number of nitrogens with one attached hydrogen (secondary N) is 1. The quantitative estimate of drug-likeness (QED) is 0.443. The van der Waals surface area contributed by atoms with Crippen LogP contribution in [-0.4, -0.2) is 39.0 Å². The Hall–Kier alpha value is -3.27. The van der Waals surface area contributed by atoms with Crippen molar-refractivity contribution in [3.05, 3.63) is 63.8 Å². The van der Waals surface area contributed by atoms with Crippen LogP contribution in [0.3, 0.4) is 0 Å². The number of rotatable bonds is 6. The lowest BCUT2D eigenvalue weighted by molar-refractivity contribution is -0.633. The first-order chi connectivity index (χ1) is 17.7. The van der Waals surface area contributed by atoms with Gasteiger partial charge in [-0.2, -0.15) is 0 Å². The molecule has 1 unspecified atom stereocenters. The van der Waals surface area contributed by atoms with Crippen molar-refractivity contribution in [2.75, 3.05) is 6.61 Å². The number of allylic oxidation sites excluding steroid dienone is 1. The van der Waals surface area contributed by atoms with Crippen LogP contribution in [0.4, 0.5) is 8.78 Å². The minimum Gasteiger partial charge on any atom is -0.481 e. The van der Waals surface area contributed by atoms with Gasteiger partial charge in [0, 0.05) is 36.1 Å². The summed E-state index contributed by atoms with van der Waals surface area (Å²) in [6.07, 6.45) is 3.37. The van der Waals surface area contributed by atoms with Gasteiger partial charge in [-0.15, -0.1) is 0 Å². The van der Waals surface area contributed by atoms with E-state index in [4.69, 9.17) is 21.3 Å². The number of amidine groups is 1. The van der Waals surface area contributed by atoms with Crippen molar-refractivity contribution in [2.24, 2.45) is 58.4 Å². The molecule has 1 aliphatic heterocycles. The molecular formula is C26H21ClF2N4O4. The third-order valence-electron chi connectivity index (χ3n) is 10.4. The molecule has 11 heteroatoms. The monoisotopic (exact) mass is 526 g/mol. The summed E-state index contributed by atoms with van der Waals surface area (Å²) in [4.78, 5) is 34.8. The Bertz CT molecular complexity index is 1490. The Kier molecular flexibility index (Phi) is 3.77. The first-order valence-electron chi connectivity index (χ1n) is 12.3. The summed E-state index contributed by atoms with van der Waals surface area (Å²) in [5, 5.41) is 12.9. The fourth-order valence-electron chi connectivity index (χ4n) is 9.45. The minimum absolute atomic E-state index is 0.114. The maximum atomic E-state index is 14.6. The van der Waals surface area contributed by atoms with Gasteiger partial charge >= 0.3 is 11.9 Å². The Balaban J connectivity index is 1.32. The van der Waals surface area contributed by atoms with Gasteiger partial charge in [0.1, 0.15) is 6.04 Å². The standard InChI is InChI=1S/C26H21ClF2N4O4/c1-3-37-23(34)10-19(8-4-5-9(28)18(29)17(8)27)31-21(22-30-6-7-33(22)2)32-20(10)25-11-14-12(25)16-13(25)15(11)26(14,16)24(35)36/h4-7,11-16,19H,3H2,1-2H3,(H,31,32)(H,35,36). The number of halogens is 3. The molecule has 9 rings (SSSR count). The Labute approximate surface area is 214 Å². The smallest absolute Gasteiger partial charge is 0.338 e.